The minimum atomic E-state index is -3.92. The predicted octanol–water partition coefficient (Wildman–Crippen LogP) is 2.09. The fourth-order valence-corrected chi connectivity index (χ4v) is 2.50. The first-order chi connectivity index (χ1) is 9.27. The molecule has 7 heteroatoms. The fraction of sp³-hybridized carbons (Fsp3) is 1.00. The van der Waals surface area contributed by atoms with E-state index in [1.165, 1.54) is 0 Å². The van der Waals surface area contributed by atoms with Crippen LogP contribution in [0.25, 0.3) is 0 Å². The molecule has 0 amide bonds. The lowest BCUT2D eigenvalue weighted by atomic mass is 10.2. The molecule has 1 atom stereocenters. The van der Waals surface area contributed by atoms with Crippen molar-refractivity contribution in [2.45, 2.75) is 39.8 Å². The molecule has 0 heterocycles. The minimum Gasteiger partial charge on any atom is -0.322 e. The van der Waals surface area contributed by atoms with E-state index in [0.717, 1.165) is 22.1 Å². The third-order valence-corrected chi connectivity index (χ3v) is 5.17. The molecule has 0 saturated heterocycles. The highest BCUT2D eigenvalue weighted by Crippen LogP contribution is 2.44. The predicted molar refractivity (Wildman–Crippen MR) is 86.0 cm³/mol. The molecule has 1 N–H and O–H groups in total. The van der Waals surface area contributed by atoms with Crippen LogP contribution >= 0.6 is 7.82 Å². The smallest absolute Gasteiger partial charge is 0.322 e. The Balaban J connectivity index is 4.23. The number of nitrogens with zero attached hydrogens (tertiary/aromatic N) is 2. The van der Waals surface area contributed by atoms with Gasteiger partial charge in [0.15, 0.2) is 0 Å². The number of quaternary nitrogens is 2. The number of hydrogen-bond acceptors (Lipinski definition) is 3. The molecule has 0 aliphatic carbocycles. The Morgan fingerprint density at radius 3 is 1.95 bits per heavy atom. The van der Waals surface area contributed by atoms with Gasteiger partial charge in [-0.3, -0.25) is 9.05 Å². The van der Waals surface area contributed by atoms with E-state index < -0.39 is 7.82 Å². The Kier molecular flexibility index (Phi) is 8.06. The van der Waals surface area contributed by atoms with Gasteiger partial charge in [0.25, 0.3) is 0 Å². The Hall–Kier alpha value is 0.0300. The number of phosphoric ester groups is 1. The molecule has 0 aromatic heterocycles. The molecule has 0 rings (SSSR count). The first-order valence-corrected chi connectivity index (χ1v) is 9.07. The molecular formula is C14H35N2O4P+2. The highest BCUT2D eigenvalue weighted by atomic mass is 31.2. The molecule has 0 bridgehead atoms. The van der Waals surface area contributed by atoms with Crippen LogP contribution in [0.15, 0.2) is 0 Å². The molecule has 0 aliphatic rings. The van der Waals surface area contributed by atoms with Crippen LogP contribution in [0.2, 0.25) is 0 Å². The van der Waals surface area contributed by atoms with Crippen molar-refractivity contribution in [3.63, 3.8) is 0 Å². The second kappa shape index (κ2) is 8.04. The maximum Gasteiger partial charge on any atom is 0.472 e. The average molecular weight is 326 g/mol. The quantitative estimate of drug-likeness (QED) is 0.493. The van der Waals surface area contributed by atoms with Crippen molar-refractivity contribution >= 4 is 7.82 Å². The summed E-state index contributed by atoms with van der Waals surface area (Å²) in [7, 11) is 4.74. The molecule has 0 aromatic rings. The van der Waals surface area contributed by atoms with Gasteiger partial charge < -0.3 is 13.9 Å². The van der Waals surface area contributed by atoms with Crippen molar-refractivity contribution in [1.82, 2.24) is 0 Å². The topological polar surface area (TPSA) is 55.8 Å². The van der Waals surface area contributed by atoms with E-state index in [-0.39, 0.29) is 12.7 Å². The summed E-state index contributed by atoms with van der Waals surface area (Å²) >= 11 is 0. The van der Waals surface area contributed by atoms with Crippen LogP contribution in [0, 0.1) is 0 Å². The Morgan fingerprint density at radius 1 is 1.00 bits per heavy atom. The highest BCUT2D eigenvalue weighted by molar-refractivity contribution is 7.47. The summed E-state index contributed by atoms with van der Waals surface area (Å²) in [5.41, 5.74) is 0. The van der Waals surface area contributed by atoms with Gasteiger partial charge in [-0.05, 0) is 27.7 Å². The number of phosphoric acid groups is 1. The van der Waals surface area contributed by atoms with Crippen LogP contribution in [0.4, 0.5) is 0 Å². The molecule has 6 nitrogen and oxygen atoms in total. The molecule has 1 unspecified atom stereocenters. The van der Waals surface area contributed by atoms with E-state index in [0.29, 0.717) is 12.6 Å². The van der Waals surface area contributed by atoms with Gasteiger partial charge in [0, 0.05) is 0 Å². The van der Waals surface area contributed by atoms with Crippen molar-refractivity contribution in [1.29, 1.82) is 0 Å². The number of likely N-dealkylation sites (N-methyl/N-ethyl adjacent to an activating group) is 2. The Bertz CT molecular complexity index is 357. The second-order valence-corrected chi connectivity index (χ2v) is 8.84. The summed E-state index contributed by atoms with van der Waals surface area (Å²) in [5, 5.41) is 0. The number of rotatable bonds is 10. The second-order valence-electron chi connectivity index (χ2n) is 7.43. The summed E-state index contributed by atoms with van der Waals surface area (Å²) in [4.78, 5) is 9.51. The maximum absolute atomic E-state index is 11.6. The summed E-state index contributed by atoms with van der Waals surface area (Å²) in [6.07, 6.45) is -0.326. The van der Waals surface area contributed by atoms with Crippen molar-refractivity contribution in [2.75, 3.05) is 54.4 Å². The van der Waals surface area contributed by atoms with Crippen molar-refractivity contribution in [2.24, 2.45) is 0 Å². The zero-order valence-electron chi connectivity index (χ0n) is 15.0. The van der Waals surface area contributed by atoms with E-state index in [2.05, 4.69) is 42.0 Å². The van der Waals surface area contributed by atoms with E-state index in [1.54, 1.807) is 13.8 Å². The normalized spacial score (nSPS) is 16.5. The highest BCUT2D eigenvalue weighted by Gasteiger charge is 2.27. The van der Waals surface area contributed by atoms with Gasteiger partial charge in [-0.25, -0.2) is 4.57 Å². The third kappa shape index (κ3) is 9.61. The minimum absolute atomic E-state index is 0.211. The van der Waals surface area contributed by atoms with E-state index >= 15 is 0 Å². The van der Waals surface area contributed by atoms with Crippen LogP contribution in [0.5, 0.6) is 0 Å². The van der Waals surface area contributed by atoms with Gasteiger partial charge in [0.1, 0.15) is 26.2 Å². The summed E-state index contributed by atoms with van der Waals surface area (Å²) < 4.78 is 23.2. The molecule has 0 aliphatic heterocycles. The Morgan fingerprint density at radius 2 is 1.52 bits per heavy atom. The van der Waals surface area contributed by atoms with E-state index in [4.69, 9.17) is 9.05 Å². The van der Waals surface area contributed by atoms with Crippen LogP contribution < -0.4 is 0 Å². The number of hydrogen-bond donors (Lipinski definition) is 1. The van der Waals surface area contributed by atoms with E-state index in [9.17, 15) is 9.46 Å². The summed E-state index contributed by atoms with van der Waals surface area (Å²) in [6.45, 7) is 10.8. The first-order valence-electron chi connectivity index (χ1n) is 7.58. The molecule has 0 aromatic carbocycles. The van der Waals surface area contributed by atoms with Gasteiger partial charge in [0.2, 0.25) is 0 Å². The van der Waals surface area contributed by atoms with E-state index in [1.807, 2.05) is 0 Å². The zero-order valence-corrected chi connectivity index (χ0v) is 15.9. The lowest BCUT2D eigenvalue weighted by Gasteiger charge is -2.38. The molecule has 0 fully saturated rings. The average Bonchev–Trinajstić information content (AvgIpc) is 2.24. The van der Waals surface area contributed by atoms with Gasteiger partial charge in [0.05, 0.1) is 40.3 Å². The molecule has 128 valence electrons. The van der Waals surface area contributed by atoms with Gasteiger partial charge >= 0.3 is 7.82 Å². The molecule has 21 heavy (non-hydrogen) atoms. The van der Waals surface area contributed by atoms with Crippen LogP contribution in [-0.2, 0) is 13.6 Å². The lowest BCUT2D eigenvalue weighted by molar-refractivity contribution is -0.956. The SMILES string of the molecule is CC(C)OP(=O)(O)OCC[N+](C)(C)CC[N+](C)(C)C(C)C. The summed E-state index contributed by atoms with van der Waals surface area (Å²) in [5.74, 6) is 0. The Labute approximate surface area is 130 Å². The standard InChI is InChI=1S/C14H34N2O4P/c1-13(2)16(7,8)10-9-15(5,6)11-12-19-21(17,18)20-14(3)4/h13-14H,9-12H2,1-8H3/q+1/p+1. The molecule has 0 radical (unpaired) electrons. The van der Waals surface area contributed by atoms with Crippen molar-refractivity contribution in [3.8, 4) is 0 Å². The van der Waals surface area contributed by atoms with Crippen molar-refractivity contribution in [3.05, 3.63) is 0 Å². The zero-order chi connectivity index (χ0) is 16.9. The fourth-order valence-electron chi connectivity index (χ4n) is 1.60. The van der Waals surface area contributed by atoms with Crippen molar-refractivity contribution < 1.29 is 27.5 Å². The largest absolute Gasteiger partial charge is 0.472 e. The molecular weight excluding hydrogens is 291 g/mol. The summed E-state index contributed by atoms with van der Waals surface area (Å²) in [6, 6.07) is 0.568. The lowest BCUT2D eigenvalue weighted by Crippen LogP contribution is -2.54. The first kappa shape index (κ1) is 21.0. The molecule has 0 saturated carbocycles. The van der Waals surface area contributed by atoms with Gasteiger partial charge in [-0.15, -0.1) is 0 Å². The molecule has 0 spiro atoms. The van der Waals surface area contributed by atoms with Crippen LogP contribution in [0.1, 0.15) is 27.7 Å². The third-order valence-electron chi connectivity index (χ3n) is 3.97. The van der Waals surface area contributed by atoms with Gasteiger partial charge in [-0.2, -0.15) is 0 Å². The maximum atomic E-state index is 11.6. The van der Waals surface area contributed by atoms with Crippen LogP contribution in [0.3, 0.4) is 0 Å². The van der Waals surface area contributed by atoms with Gasteiger partial charge in [-0.1, -0.05) is 0 Å². The van der Waals surface area contributed by atoms with Crippen LogP contribution in [-0.4, -0.2) is 80.4 Å². The monoisotopic (exact) mass is 326 g/mol.